The number of fused-ring (bicyclic) bond motifs is 8. The predicted molar refractivity (Wildman–Crippen MR) is 253 cm³/mol. The summed E-state index contributed by atoms with van der Waals surface area (Å²) < 4.78 is 0. The van der Waals surface area contributed by atoms with E-state index in [9.17, 15) is 0 Å². The minimum absolute atomic E-state index is 0.286. The zero-order valence-electron chi connectivity index (χ0n) is 35.1. The SMILES string of the molecule is Cc1ccc(-c2ccc3c(c2)C(c2ccc(C)cc2)(c2ccc(C)cc2)c2cccc(CC4(C)c5ccccc5-c5c4cc(-c4ccc(C)cc4)c4ccccc54)c2-3)cc1. The molecule has 1 atom stereocenters. The first-order chi connectivity index (χ1) is 29.2. The topological polar surface area (TPSA) is 0 Å². The highest BCUT2D eigenvalue weighted by molar-refractivity contribution is 6.09. The van der Waals surface area contributed by atoms with Crippen molar-refractivity contribution in [3.05, 3.63) is 249 Å². The van der Waals surface area contributed by atoms with E-state index in [1.165, 1.54) is 116 Å². The fraction of sp³-hybridized carbons (Fsp3) is 0.133. The third kappa shape index (κ3) is 5.37. The Morgan fingerprint density at radius 1 is 0.350 bits per heavy atom. The molecular weight excluding hydrogens is 721 g/mol. The molecule has 0 bridgehead atoms. The van der Waals surface area contributed by atoms with Crippen molar-refractivity contribution in [2.45, 2.75) is 51.9 Å². The highest BCUT2D eigenvalue weighted by Crippen LogP contribution is 2.60. The Bertz CT molecular complexity index is 3080. The fourth-order valence-electron chi connectivity index (χ4n) is 10.9. The van der Waals surface area contributed by atoms with Gasteiger partial charge in [-0.2, -0.15) is 0 Å². The first-order valence-electron chi connectivity index (χ1n) is 21.5. The minimum Gasteiger partial charge on any atom is -0.0619 e. The van der Waals surface area contributed by atoms with E-state index in [0.717, 1.165) is 6.42 Å². The second-order valence-corrected chi connectivity index (χ2v) is 17.8. The molecule has 0 amide bonds. The van der Waals surface area contributed by atoms with Crippen molar-refractivity contribution in [3.63, 3.8) is 0 Å². The second-order valence-electron chi connectivity index (χ2n) is 17.8. The number of benzene rings is 9. The van der Waals surface area contributed by atoms with Gasteiger partial charge >= 0.3 is 0 Å². The van der Waals surface area contributed by atoms with Crippen LogP contribution >= 0.6 is 0 Å². The number of hydrogen-bond donors (Lipinski definition) is 0. The van der Waals surface area contributed by atoms with E-state index in [1.54, 1.807) is 0 Å². The van der Waals surface area contributed by atoms with Crippen LogP contribution in [0.15, 0.2) is 188 Å². The lowest BCUT2D eigenvalue weighted by Crippen LogP contribution is -2.29. The molecule has 288 valence electrons. The lowest BCUT2D eigenvalue weighted by Gasteiger charge is -2.35. The summed E-state index contributed by atoms with van der Waals surface area (Å²) in [5, 5.41) is 2.63. The Balaban J connectivity index is 1.19. The Morgan fingerprint density at radius 3 is 1.52 bits per heavy atom. The molecule has 9 aromatic carbocycles. The average molecular weight is 769 g/mol. The largest absolute Gasteiger partial charge is 0.0713 e. The van der Waals surface area contributed by atoms with Crippen molar-refractivity contribution in [2.75, 3.05) is 0 Å². The van der Waals surface area contributed by atoms with Crippen molar-refractivity contribution < 1.29 is 0 Å². The standard InChI is InChI=1S/C60H48/c1-38-17-25-42(26-18-38)44-29-34-51-55(35-44)60(46-30-21-40(3)22-31-46,47-32-23-41(4)24-33-47)54-16-10-11-45(57(51)54)37-59(5)53-15-9-8-14-50(53)58-49-13-7-6-12-48(49)52(36-56(58)59)43-27-19-39(2)20-28-43/h6-36H,37H2,1-5H3. The monoisotopic (exact) mass is 768 g/mol. The van der Waals surface area contributed by atoms with Crippen LogP contribution in [-0.2, 0) is 17.3 Å². The van der Waals surface area contributed by atoms with Crippen molar-refractivity contribution in [3.8, 4) is 44.5 Å². The molecule has 0 aromatic heterocycles. The van der Waals surface area contributed by atoms with Gasteiger partial charge in [-0.05, 0) is 140 Å². The van der Waals surface area contributed by atoms with E-state index >= 15 is 0 Å². The van der Waals surface area contributed by atoms with Gasteiger partial charge in [0.25, 0.3) is 0 Å². The van der Waals surface area contributed by atoms with Crippen LogP contribution in [0.2, 0.25) is 0 Å². The zero-order valence-corrected chi connectivity index (χ0v) is 35.1. The Morgan fingerprint density at radius 2 is 0.867 bits per heavy atom. The molecule has 0 fully saturated rings. The van der Waals surface area contributed by atoms with Crippen LogP contribution < -0.4 is 0 Å². The van der Waals surface area contributed by atoms with Gasteiger partial charge in [0.2, 0.25) is 0 Å². The molecule has 60 heavy (non-hydrogen) atoms. The van der Waals surface area contributed by atoms with Crippen molar-refractivity contribution in [1.82, 2.24) is 0 Å². The third-order valence-electron chi connectivity index (χ3n) is 13.9. The molecular formula is C60H48. The van der Waals surface area contributed by atoms with Gasteiger partial charge in [-0.15, -0.1) is 0 Å². The van der Waals surface area contributed by atoms with E-state index in [4.69, 9.17) is 0 Å². The number of rotatable bonds is 6. The Kier molecular flexibility index (Phi) is 8.27. The molecule has 0 spiro atoms. The van der Waals surface area contributed by atoms with Crippen LogP contribution in [0.4, 0.5) is 0 Å². The zero-order chi connectivity index (χ0) is 40.8. The summed E-state index contributed by atoms with van der Waals surface area (Å²) in [6.45, 7) is 11.2. The first-order valence-corrected chi connectivity index (χ1v) is 21.5. The van der Waals surface area contributed by atoms with Crippen LogP contribution in [0.3, 0.4) is 0 Å². The van der Waals surface area contributed by atoms with Crippen LogP contribution in [0.25, 0.3) is 55.3 Å². The summed E-state index contributed by atoms with van der Waals surface area (Å²) in [6.07, 6.45) is 0.864. The van der Waals surface area contributed by atoms with Gasteiger partial charge in [-0.25, -0.2) is 0 Å². The Labute approximate surface area is 354 Å². The molecule has 0 aliphatic heterocycles. The normalized spacial score (nSPS) is 15.7. The summed E-state index contributed by atoms with van der Waals surface area (Å²) in [5.74, 6) is 0. The van der Waals surface area contributed by atoms with E-state index in [2.05, 4.69) is 223 Å². The lowest BCUT2D eigenvalue weighted by molar-refractivity contribution is 0.584. The van der Waals surface area contributed by atoms with Gasteiger partial charge in [0.15, 0.2) is 0 Å². The van der Waals surface area contributed by atoms with E-state index in [1.807, 2.05) is 0 Å². The average Bonchev–Trinajstić information content (AvgIpc) is 3.71. The maximum Gasteiger partial charge on any atom is 0.0713 e. The molecule has 0 heterocycles. The van der Waals surface area contributed by atoms with Gasteiger partial charge in [0.05, 0.1) is 5.41 Å². The first kappa shape index (κ1) is 36.3. The highest BCUT2D eigenvalue weighted by atomic mass is 14.5. The molecule has 1 unspecified atom stereocenters. The number of hydrogen-bond acceptors (Lipinski definition) is 0. The summed E-state index contributed by atoms with van der Waals surface area (Å²) in [7, 11) is 0. The van der Waals surface area contributed by atoms with Crippen molar-refractivity contribution >= 4 is 10.8 Å². The van der Waals surface area contributed by atoms with E-state index in [-0.39, 0.29) is 5.41 Å². The van der Waals surface area contributed by atoms with Crippen molar-refractivity contribution in [2.24, 2.45) is 0 Å². The van der Waals surface area contributed by atoms with Crippen LogP contribution in [0, 0.1) is 27.7 Å². The lowest BCUT2D eigenvalue weighted by atomic mass is 9.67. The minimum atomic E-state index is -0.510. The molecule has 0 heteroatoms. The summed E-state index contributed by atoms with van der Waals surface area (Å²) in [5.41, 5.74) is 24.3. The quantitative estimate of drug-likeness (QED) is 0.158. The molecule has 11 rings (SSSR count). The third-order valence-corrected chi connectivity index (χ3v) is 13.9. The van der Waals surface area contributed by atoms with Crippen LogP contribution in [0.1, 0.15) is 68.1 Å². The summed E-state index contributed by atoms with van der Waals surface area (Å²) >= 11 is 0. The van der Waals surface area contributed by atoms with E-state index in [0.29, 0.717) is 0 Å². The second kappa shape index (κ2) is 13.7. The molecule has 0 nitrogen and oxygen atoms in total. The van der Waals surface area contributed by atoms with Gasteiger partial charge in [-0.3, -0.25) is 0 Å². The van der Waals surface area contributed by atoms with Gasteiger partial charge in [0, 0.05) is 5.41 Å². The van der Waals surface area contributed by atoms with E-state index < -0.39 is 5.41 Å². The maximum atomic E-state index is 2.54. The maximum absolute atomic E-state index is 2.54. The predicted octanol–water partition coefficient (Wildman–Crippen LogP) is 15.3. The smallest absolute Gasteiger partial charge is 0.0619 e. The van der Waals surface area contributed by atoms with Crippen LogP contribution in [-0.4, -0.2) is 0 Å². The van der Waals surface area contributed by atoms with Gasteiger partial charge < -0.3 is 0 Å². The molecule has 0 radical (unpaired) electrons. The molecule has 2 aliphatic carbocycles. The van der Waals surface area contributed by atoms with Crippen molar-refractivity contribution in [1.29, 1.82) is 0 Å². The number of aryl methyl sites for hydroxylation is 4. The molecule has 2 aliphatic rings. The molecule has 0 saturated heterocycles. The fourth-order valence-corrected chi connectivity index (χ4v) is 10.9. The molecule has 9 aromatic rings. The van der Waals surface area contributed by atoms with Crippen LogP contribution in [0.5, 0.6) is 0 Å². The van der Waals surface area contributed by atoms with Gasteiger partial charge in [-0.1, -0.05) is 205 Å². The summed E-state index contributed by atoms with van der Waals surface area (Å²) in [4.78, 5) is 0. The Hall–Kier alpha value is -6.76. The molecule has 0 saturated carbocycles. The highest BCUT2D eigenvalue weighted by Gasteiger charge is 2.48. The van der Waals surface area contributed by atoms with Gasteiger partial charge in [0.1, 0.15) is 0 Å². The molecule has 0 N–H and O–H groups in total. The summed E-state index contributed by atoms with van der Waals surface area (Å²) in [6, 6.07) is 72.0.